The molecule has 0 N–H and O–H groups in total. The molecule has 0 amide bonds. The number of carbonyl (C=O) groups excluding carboxylic acids is 1. The highest BCUT2D eigenvalue weighted by Gasteiger charge is 2.58. The van der Waals surface area contributed by atoms with Crippen molar-refractivity contribution in [2.45, 2.75) is 46.0 Å². The Morgan fingerprint density at radius 1 is 1.32 bits per heavy atom. The average molecular weight is 262 g/mol. The lowest BCUT2D eigenvalue weighted by Crippen LogP contribution is -2.56. The number of hydrogen-bond donors (Lipinski definition) is 0. The van der Waals surface area contributed by atoms with Gasteiger partial charge in [-0.25, -0.2) is 4.79 Å². The molecule has 0 aromatic heterocycles. The van der Waals surface area contributed by atoms with Gasteiger partial charge in [0.05, 0.1) is 6.61 Å². The number of ether oxygens (including phenoxy) is 1. The molecule has 0 spiro atoms. The molecule has 19 heavy (non-hydrogen) atoms. The van der Waals surface area contributed by atoms with Crippen LogP contribution in [0.5, 0.6) is 0 Å². The van der Waals surface area contributed by atoms with Gasteiger partial charge in [0, 0.05) is 12.0 Å². The monoisotopic (exact) mass is 262 g/mol. The van der Waals surface area contributed by atoms with Crippen molar-refractivity contribution < 1.29 is 9.53 Å². The summed E-state index contributed by atoms with van der Waals surface area (Å²) in [6.45, 7) is 8.85. The molecule has 106 valence electrons. The summed E-state index contributed by atoms with van der Waals surface area (Å²) in [6.07, 6.45) is 8.24. The second-order valence-electron chi connectivity index (χ2n) is 7.44. The average Bonchev–Trinajstić information content (AvgIpc) is 2.36. The molecular weight excluding hydrogens is 236 g/mol. The SMILES string of the molecule is C=CC(=O)OCC1C2CC3CC(C2)CC1(C(C)C)C3. The van der Waals surface area contributed by atoms with Gasteiger partial charge in [-0.05, 0) is 61.2 Å². The number of rotatable bonds is 4. The predicted octanol–water partition coefficient (Wildman–Crippen LogP) is 3.81. The third-order valence-electron chi connectivity index (χ3n) is 6.31. The predicted molar refractivity (Wildman–Crippen MR) is 75.5 cm³/mol. The molecule has 2 heteroatoms. The van der Waals surface area contributed by atoms with E-state index in [2.05, 4.69) is 20.4 Å². The van der Waals surface area contributed by atoms with E-state index in [0.29, 0.717) is 23.9 Å². The summed E-state index contributed by atoms with van der Waals surface area (Å²) >= 11 is 0. The van der Waals surface area contributed by atoms with Gasteiger partial charge in [-0.15, -0.1) is 0 Å². The Morgan fingerprint density at radius 3 is 2.47 bits per heavy atom. The molecular formula is C17H26O2. The van der Waals surface area contributed by atoms with Crippen LogP contribution < -0.4 is 0 Å². The minimum Gasteiger partial charge on any atom is -0.462 e. The van der Waals surface area contributed by atoms with Crippen LogP contribution in [-0.4, -0.2) is 12.6 Å². The highest BCUT2D eigenvalue weighted by molar-refractivity contribution is 5.81. The Hall–Kier alpha value is -0.790. The van der Waals surface area contributed by atoms with Crippen LogP contribution in [-0.2, 0) is 9.53 Å². The lowest BCUT2D eigenvalue weighted by molar-refractivity contribution is -0.166. The Bertz CT molecular complexity index is 371. The van der Waals surface area contributed by atoms with E-state index in [1.54, 1.807) is 0 Å². The van der Waals surface area contributed by atoms with Crippen molar-refractivity contribution in [3.63, 3.8) is 0 Å². The number of hydrogen-bond acceptors (Lipinski definition) is 2. The summed E-state index contributed by atoms with van der Waals surface area (Å²) in [5.41, 5.74) is 0.441. The summed E-state index contributed by atoms with van der Waals surface area (Å²) in [5.74, 6) is 3.73. The van der Waals surface area contributed by atoms with Gasteiger partial charge < -0.3 is 4.74 Å². The Morgan fingerprint density at radius 2 is 1.95 bits per heavy atom. The summed E-state index contributed by atoms with van der Waals surface area (Å²) < 4.78 is 5.44. The van der Waals surface area contributed by atoms with Crippen LogP contribution in [0.3, 0.4) is 0 Å². The highest BCUT2D eigenvalue weighted by atomic mass is 16.5. The molecule has 0 aliphatic heterocycles. The molecule has 4 fully saturated rings. The van der Waals surface area contributed by atoms with E-state index in [4.69, 9.17) is 4.74 Å². The maximum absolute atomic E-state index is 11.4. The molecule has 4 bridgehead atoms. The van der Waals surface area contributed by atoms with Crippen LogP contribution in [0.1, 0.15) is 46.0 Å². The van der Waals surface area contributed by atoms with Crippen LogP contribution in [0.15, 0.2) is 12.7 Å². The van der Waals surface area contributed by atoms with E-state index >= 15 is 0 Å². The van der Waals surface area contributed by atoms with Crippen molar-refractivity contribution >= 4 is 5.97 Å². The zero-order valence-corrected chi connectivity index (χ0v) is 12.2. The molecule has 0 aromatic rings. The first-order valence-corrected chi connectivity index (χ1v) is 7.84. The fraction of sp³-hybridized carbons (Fsp3) is 0.824. The normalized spacial score (nSPS) is 43.5. The first kappa shape index (κ1) is 13.2. The standard InChI is InChI=1S/C17H26O2/c1-4-16(18)19-10-15-14-6-12-5-13(7-14)9-17(15,8-12)11(2)3/h4,11-15H,1,5-10H2,2-3H3. The van der Waals surface area contributed by atoms with Crippen LogP contribution in [0.4, 0.5) is 0 Å². The molecule has 0 heterocycles. The molecule has 3 unspecified atom stereocenters. The second-order valence-corrected chi connectivity index (χ2v) is 7.44. The molecule has 2 nitrogen and oxygen atoms in total. The molecule has 3 atom stereocenters. The first-order chi connectivity index (χ1) is 9.05. The van der Waals surface area contributed by atoms with Gasteiger partial charge in [-0.2, -0.15) is 0 Å². The molecule has 4 aliphatic carbocycles. The van der Waals surface area contributed by atoms with E-state index < -0.39 is 0 Å². The van der Waals surface area contributed by atoms with Crippen molar-refractivity contribution in [2.75, 3.05) is 6.61 Å². The maximum atomic E-state index is 11.4. The van der Waals surface area contributed by atoms with Gasteiger partial charge in [-0.3, -0.25) is 0 Å². The van der Waals surface area contributed by atoms with E-state index in [1.807, 2.05) is 0 Å². The Labute approximate surface area is 116 Å². The van der Waals surface area contributed by atoms with Crippen LogP contribution in [0.2, 0.25) is 0 Å². The topological polar surface area (TPSA) is 26.3 Å². The summed E-state index contributed by atoms with van der Waals surface area (Å²) in [4.78, 5) is 11.4. The van der Waals surface area contributed by atoms with E-state index in [-0.39, 0.29) is 5.97 Å². The fourth-order valence-corrected chi connectivity index (χ4v) is 5.64. The van der Waals surface area contributed by atoms with Gasteiger partial charge in [0.15, 0.2) is 0 Å². The third-order valence-corrected chi connectivity index (χ3v) is 6.31. The quantitative estimate of drug-likeness (QED) is 0.569. The summed E-state index contributed by atoms with van der Waals surface area (Å²) in [7, 11) is 0. The van der Waals surface area contributed by atoms with Gasteiger partial charge in [0.1, 0.15) is 0 Å². The van der Waals surface area contributed by atoms with Crippen molar-refractivity contribution in [1.82, 2.24) is 0 Å². The zero-order valence-electron chi connectivity index (χ0n) is 12.2. The van der Waals surface area contributed by atoms with Crippen molar-refractivity contribution in [2.24, 2.45) is 35.0 Å². The second kappa shape index (κ2) is 4.64. The first-order valence-electron chi connectivity index (χ1n) is 7.84. The lowest BCUT2D eigenvalue weighted by atomic mass is 9.42. The van der Waals surface area contributed by atoms with Gasteiger partial charge in [0.2, 0.25) is 0 Å². The molecule has 4 saturated carbocycles. The number of esters is 1. The van der Waals surface area contributed by atoms with Crippen molar-refractivity contribution in [1.29, 1.82) is 0 Å². The number of carbonyl (C=O) groups is 1. The summed E-state index contributed by atoms with van der Waals surface area (Å²) in [6, 6.07) is 0. The molecule has 0 radical (unpaired) electrons. The van der Waals surface area contributed by atoms with Crippen LogP contribution in [0.25, 0.3) is 0 Å². The van der Waals surface area contributed by atoms with Crippen LogP contribution >= 0.6 is 0 Å². The fourth-order valence-electron chi connectivity index (χ4n) is 5.64. The highest BCUT2D eigenvalue weighted by Crippen LogP contribution is 2.65. The van der Waals surface area contributed by atoms with E-state index in [9.17, 15) is 4.79 Å². The minimum atomic E-state index is -0.257. The maximum Gasteiger partial charge on any atom is 0.330 e. The van der Waals surface area contributed by atoms with Crippen molar-refractivity contribution in [3.8, 4) is 0 Å². The molecule has 0 saturated heterocycles. The van der Waals surface area contributed by atoms with Gasteiger partial charge >= 0.3 is 5.97 Å². The minimum absolute atomic E-state index is 0.257. The van der Waals surface area contributed by atoms with Gasteiger partial charge in [-0.1, -0.05) is 20.4 Å². The molecule has 4 rings (SSSR count). The summed E-state index contributed by atoms with van der Waals surface area (Å²) in [5, 5.41) is 0. The van der Waals surface area contributed by atoms with Gasteiger partial charge in [0.25, 0.3) is 0 Å². The smallest absolute Gasteiger partial charge is 0.330 e. The largest absolute Gasteiger partial charge is 0.462 e. The Kier molecular flexibility index (Phi) is 3.23. The molecule has 0 aromatic carbocycles. The van der Waals surface area contributed by atoms with Crippen molar-refractivity contribution in [3.05, 3.63) is 12.7 Å². The Balaban J connectivity index is 1.80. The lowest BCUT2D eigenvalue weighted by Gasteiger charge is -2.63. The van der Waals surface area contributed by atoms with E-state index in [0.717, 1.165) is 17.8 Å². The van der Waals surface area contributed by atoms with Crippen LogP contribution in [0, 0.1) is 35.0 Å². The third kappa shape index (κ3) is 2.04. The van der Waals surface area contributed by atoms with E-state index in [1.165, 1.54) is 38.2 Å². The zero-order chi connectivity index (χ0) is 13.6. The molecule has 4 aliphatic rings.